The van der Waals surface area contributed by atoms with Crippen LogP contribution in [-0.4, -0.2) is 29.5 Å². The first-order valence-electron chi connectivity index (χ1n) is 7.05. The summed E-state index contributed by atoms with van der Waals surface area (Å²) in [5.74, 6) is -0.904. The zero-order chi connectivity index (χ0) is 17.5. The van der Waals surface area contributed by atoms with Crippen LogP contribution in [0.15, 0.2) is 48.7 Å². The monoisotopic (exact) mass is 345 g/mol. The van der Waals surface area contributed by atoms with Crippen LogP contribution >= 0.6 is 12.8 Å². The number of anilines is 1. The Kier molecular flexibility index (Phi) is 5.91. The standard InChI is InChI=1S/C16H15N3O4S/c1-2-23-15(21)12-8-9-13(17-10-12)19(24)16(22)18-14(20)11-6-4-3-5-7-11/h3-10,24H,2H2,1H3,(H,18,20,22). The van der Waals surface area contributed by atoms with Crippen LogP contribution in [0.2, 0.25) is 0 Å². The average Bonchev–Trinajstić information content (AvgIpc) is 2.62. The number of aromatic nitrogens is 1. The largest absolute Gasteiger partial charge is 0.462 e. The Morgan fingerprint density at radius 2 is 1.83 bits per heavy atom. The number of urea groups is 1. The number of hydrogen-bond acceptors (Lipinski definition) is 6. The fourth-order valence-electron chi connectivity index (χ4n) is 1.76. The molecule has 0 fully saturated rings. The molecule has 0 saturated carbocycles. The van der Waals surface area contributed by atoms with Crippen molar-refractivity contribution >= 4 is 36.5 Å². The SMILES string of the molecule is CCOC(=O)c1ccc(N(S)C(=O)NC(=O)c2ccccc2)nc1. The summed E-state index contributed by atoms with van der Waals surface area (Å²) < 4.78 is 5.71. The lowest BCUT2D eigenvalue weighted by atomic mass is 10.2. The Balaban J connectivity index is 2.02. The highest BCUT2D eigenvalue weighted by Crippen LogP contribution is 2.14. The fourth-order valence-corrected chi connectivity index (χ4v) is 1.93. The van der Waals surface area contributed by atoms with Gasteiger partial charge in [-0.3, -0.25) is 10.1 Å². The van der Waals surface area contributed by atoms with Crippen LogP contribution in [0.25, 0.3) is 0 Å². The number of ether oxygens (including phenoxy) is 1. The lowest BCUT2D eigenvalue weighted by Crippen LogP contribution is -2.38. The summed E-state index contributed by atoms with van der Waals surface area (Å²) in [6, 6.07) is 10.4. The zero-order valence-electron chi connectivity index (χ0n) is 12.8. The zero-order valence-corrected chi connectivity index (χ0v) is 13.7. The van der Waals surface area contributed by atoms with Crippen molar-refractivity contribution in [3.05, 3.63) is 59.8 Å². The molecule has 0 atom stereocenters. The van der Waals surface area contributed by atoms with Crippen molar-refractivity contribution in [3.63, 3.8) is 0 Å². The molecule has 2 rings (SSSR count). The molecule has 0 saturated heterocycles. The molecular weight excluding hydrogens is 330 g/mol. The smallest absolute Gasteiger partial charge is 0.340 e. The van der Waals surface area contributed by atoms with E-state index >= 15 is 0 Å². The van der Waals surface area contributed by atoms with E-state index in [0.717, 1.165) is 4.31 Å². The maximum atomic E-state index is 12.0. The normalized spacial score (nSPS) is 9.92. The molecule has 1 aromatic heterocycles. The molecule has 24 heavy (non-hydrogen) atoms. The molecule has 0 aliphatic carbocycles. The third-order valence-corrected chi connectivity index (χ3v) is 3.31. The van der Waals surface area contributed by atoms with Crippen LogP contribution < -0.4 is 9.62 Å². The third-order valence-electron chi connectivity index (χ3n) is 2.92. The van der Waals surface area contributed by atoms with Gasteiger partial charge in [0.25, 0.3) is 5.91 Å². The first kappa shape index (κ1) is 17.5. The maximum absolute atomic E-state index is 12.0. The summed E-state index contributed by atoms with van der Waals surface area (Å²) in [5.41, 5.74) is 0.598. The van der Waals surface area contributed by atoms with E-state index < -0.39 is 17.9 Å². The molecular formula is C16H15N3O4S. The first-order chi connectivity index (χ1) is 11.5. The quantitative estimate of drug-likeness (QED) is 0.656. The highest BCUT2D eigenvalue weighted by molar-refractivity contribution is 7.82. The molecule has 0 spiro atoms. The van der Waals surface area contributed by atoms with Gasteiger partial charge in [0.15, 0.2) is 0 Å². The number of carbonyl (C=O) groups excluding carboxylic acids is 3. The number of amides is 3. The van der Waals surface area contributed by atoms with E-state index in [9.17, 15) is 14.4 Å². The van der Waals surface area contributed by atoms with Crippen molar-refractivity contribution in [1.29, 1.82) is 0 Å². The van der Waals surface area contributed by atoms with Crippen molar-refractivity contribution in [2.24, 2.45) is 0 Å². The number of nitrogens with zero attached hydrogens (tertiary/aromatic N) is 2. The molecule has 1 heterocycles. The van der Waals surface area contributed by atoms with Crippen molar-refractivity contribution in [2.75, 3.05) is 10.9 Å². The number of pyridine rings is 1. The maximum Gasteiger partial charge on any atom is 0.340 e. The topological polar surface area (TPSA) is 88.6 Å². The molecule has 0 aliphatic rings. The summed E-state index contributed by atoms with van der Waals surface area (Å²) >= 11 is 4.02. The molecule has 124 valence electrons. The van der Waals surface area contributed by atoms with Crippen LogP contribution in [0.3, 0.4) is 0 Å². The minimum absolute atomic E-state index is 0.157. The lowest BCUT2D eigenvalue weighted by Gasteiger charge is -2.15. The third kappa shape index (κ3) is 4.32. The van der Waals surface area contributed by atoms with Crippen molar-refractivity contribution in [3.8, 4) is 0 Å². The van der Waals surface area contributed by atoms with Crippen molar-refractivity contribution in [2.45, 2.75) is 6.92 Å². The van der Waals surface area contributed by atoms with Crippen molar-refractivity contribution in [1.82, 2.24) is 10.3 Å². The minimum atomic E-state index is -0.761. The van der Waals surface area contributed by atoms with Gasteiger partial charge >= 0.3 is 12.0 Å². The molecule has 0 aliphatic heterocycles. The van der Waals surface area contributed by atoms with Gasteiger partial charge < -0.3 is 4.74 Å². The van der Waals surface area contributed by atoms with E-state index in [0.29, 0.717) is 5.56 Å². The Hall–Kier alpha value is -2.87. The van der Waals surface area contributed by atoms with Gasteiger partial charge in [0, 0.05) is 11.8 Å². The molecule has 7 nitrogen and oxygen atoms in total. The van der Waals surface area contributed by atoms with Gasteiger partial charge in [-0.1, -0.05) is 31.0 Å². The van der Waals surface area contributed by atoms with E-state index in [1.165, 1.54) is 18.3 Å². The van der Waals surface area contributed by atoms with Crippen LogP contribution in [0.1, 0.15) is 27.6 Å². The summed E-state index contributed by atoms with van der Waals surface area (Å²) in [4.78, 5) is 39.5. The van der Waals surface area contributed by atoms with Gasteiger partial charge in [0.2, 0.25) is 0 Å². The van der Waals surface area contributed by atoms with Gasteiger partial charge in [0.1, 0.15) is 5.82 Å². The van der Waals surface area contributed by atoms with Gasteiger partial charge in [-0.2, -0.15) is 0 Å². The molecule has 0 bridgehead atoms. The Bertz CT molecular complexity index is 735. The van der Waals surface area contributed by atoms with Crippen LogP contribution in [-0.2, 0) is 4.74 Å². The number of hydrogen-bond donors (Lipinski definition) is 2. The molecule has 0 radical (unpaired) electrons. The molecule has 8 heteroatoms. The lowest BCUT2D eigenvalue weighted by molar-refractivity contribution is 0.0525. The number of rotatable bonds is 4. The average molecular weight is 345 g/mol. The molecule has 2 aromatic rings. The van der Waals surface area contributed by atoms with Gasteiger partial charge in [0.05, 0.1) is 12.2 Å². The van der Waals surface area contributed by atoms with Gasteiger partial charge in [-0.15, -0.1) is 0 Å². The van der Waals surface area contributed by atoms with Crippen molar-refractivity contribution < 1.29 is 19.1 Å². The number of nitrogens with one attached hydrogen (secondary N) is 1. The second-order valence-electron chi connectivity index (χ2n) is 4.56. The summed E-state index contributed by atoms with van der Waals surface area (Å²) in [7, 11) is 0. The minimum Gasteiger partial charge on any atom is -0.462 e. The van der Waals surface area contributed by atoms with E-state index in [1.807, 2.05) is 0 Å². The molecule has 3 amide bonds. The Labute approximate surface area is 144 Å². The fraction of sp³-hybridized carbons (Fsp3) is 0.125. The molecule has 1 aromatic carbocycles. The van der Waals surface area contributed by atoms with E-state index in [4.69, 9.17) is 4.74 Å². The number of benzene rings is 1. The summed E-state index contributed by atoms with van der Waals surface area (Å²) in [6.07, 6.45) is 1.27. The predicted octanol–water partition coefficient (Wildman–Crippen LogP) is 2.46. The first-order valence-corrected chi connectivity index (χ1v) is 7.45. The van der Waals surface area contributed by atoms with Crippen LogP contribution in [0, 0.1) is 0 Å². The molecule has 0 unspecified atom stereocenters. The highest BCUT2D eigenvalue weighted by Gasteiger charge is 2.18. The van der Waals surface area contributed by atoms with Crippen LogP contribution in [0.5, 0.6) is 0 Å². The van der Waals surface area contributed by atoms with Crippen LogP contribution in [0.4, 0.5) is 10.6 Å². The number of imide groups is 1. The van der Waals surface area contributed by atoms with E-state index in [2.05, 4.69) is 23.1 Å². The Morgan fingerprint density at radius 3 is 2.42 bits per heavy atom. The summed E-state index contributed by atoms with van der Waals surface area (Å²) in [6.45, 7) is 1.95. The summed E-state index contributed by atoms with van der Waals surface area (Å²) in [5, 5.41) is 2.19. The van der Waals surface area contributed by atoms with Gasteiger partial charge in [-0.05, 0) is 31.2 Å². The Morgan fingerprint density at radius 1 is 1.12 bits per heavy atom. The highest BCUT2D eigenvalue weighted by atomic mass is 32.1. The second-order valence-corrected chi connectivity index (χ2v) is 4.96. The molecule has 1 N–H and O–H groups in total. The van der Waals surface area contributed by atoms with Gasteiger partial charge in [-0.25, -0.2) is 18.9 Å². The predicted molar refractivity (Wildman–Crippen MR) is 91.0 cm³/mol. The number of carbonyl (C=O) groups is 3. The number of esters is 1. The second kappa shape index (κ2) is 8.11. The van der Waals surface area contributed by atoms with E-state index in [1.54, 1.807) is 37.3 Å². The number of thiol groups is 1. The van der Waals surface area contributed by atoms with E-state index in [-0.39, 0.29) is 18.0 Å².